The molecule has 26 heavy (non-hydrogen) atoms. The summed E-state index contributed by atoms with van der Waals surface area (Å²) in [6, 6.07) is 20.9. The minimum atomic E-state index is -0.404. The van der Waals surface area contributed by atoms with Crippen LogP contribution >= 0.6 is 23.2 Å². The van der Waals surface area contributed by atoms with Gasteiger partial charge in [-0.05, 0) is 35.4 Å². The molecule has 128 valence electrons. The lowest BCUT2D eigenvalue weighted by atomic mass is 10.0. The Balaban J connectivity index is 1.72. The summed E-state index contributed by atoms with van der Waals surface area (Å²) >= 11 is 12.2. The molecule has 4 rings (SSSR count). The van der Waals surface area contributed by atoms with E-state index in [1.165, 1.54) is 0 Å². The van der Waals surface area contributed by atoms with Crippen molar-refractivity contribution >= 4 is 45.8 Å². The molecule has 0 bridgehead atoms. The van der Waals surface area contributed by atoms with Crippen LogP contribution in [0.15, 0.2) is 66.7 Å². The molecule has 4 aromatic rings. The average Bonchev–Trinajstić information content (AvgIpc) is 3.04. The number of halogens is 2. The summed E-state index contributed by atoms with van der Waals surface area (Å²) in [6.07, 6.45) is 0. The molecule has 0 radical (unpaired) electrons. The molecule has 1 aromatic heterocycles. The highest BCUT2D eigenvalue weighted by molar-refractivity contribution is 6.40. The summed E-state index contributed by atoms with van der Waals surface area (Å²) in [6.45, 7) is 0. The van der Waals surface area contributed by atoms with Gasteiger partial charge in [0.15, 0.2) is 5.82 Å². The number of nitrogens with zero attached hydrogens (tertiary/aromatic N) is 1. The highest BCUT2D eigenvalue weighted by Gasteiger charge is 2.17. The maximum atomic E-state index is 12.6. The number of aromatic nitrogens is 2. The van der Waals surface area contributed by atoms with Gasteiger partial charge in [-0.25, -0.2) is 0 Å². The number of hydrogen-bond donors (Lipinski definition) is 2. The van der Waals surface area contributed by atoms with Gasteiger partial charge in [-0.2, -0.15) is 5.10 Å². The first-order valence-electron chi connectivity index (χ1n) is 7.92. The van der Waals surface area contributed by atoms with Crippen molar-refractivity contribution in [2.45, 2.75) is 0 Å². The highest BCUT2D eigenvalue weighted by atomic mass is 35.5. The van der Waals surface area contributed by atoms with Gasteiger partial charge in [0.2, 0.25) is 0 Å². The monoisotopic (exact) mass is 381 g/mol. The molecule has 0 fully saturated rings. The number of rotatable bonds is 3. The van der Waals surface area contributed by atoms with Crippen molar-refractivity contribution in [3.63, 3.8) is 0 Å². The van der Waals surface area contributed by atoms with E-state index in [-0.39, 0.29) is 5.56 Å². The molecule has 0 aliphatic heterocycles. The Labute approximate surface area is 159 Å². The van der Waals surface area contributed by atoms with Gasteiger partial charge in [0, 0.05) is 5.39 Å². The number of H-pyrrole nitrogens is 1. The second-order valence-corrected chi connectivity index (χ2v) is 6.56. The summed E-state index contributed by atoms with van der Waals surface area (Å²) < 4.78 is 0. The van der Waals surface area contributed by atoms with Crippen LogP contribution in [0, 0.1) is 0 Å². The third-order valence-electron chi connectivity index (χ3n) is 4.09. The maximum absolute atomic E-state index is 12.6. The summed E-state index contributed by atoms with van der Waals surface area (Å²) in [7, 11) is 0. The topological polar surface area (TPSA) is 57.8 Å². The molecular formula is C20H13Cl2N3O. The van der Waals surface area contributed by atoms with Crippen molar-refractivity contribution in [2.75, 3.05) is 5.32 Å². The lowest BCUT2D eigenvalue weighted by Crippen LogP contribution is -2.13. The zero-order valence-electron chi connectivity index (χ0n) is 13.5. The van der Waals surface area contributed by atoms with Gasteiger partial charge < -0.3 is 5.32 Å². The van der Waals surface area contributed by atoms with E-state index < -0.39 is 5.91 Å². The van der Waals surface area contributed by atoms with E-state index in [0.717, 1.165) is 22.0 Å². The van der Waals surface area contributed by atoms with Crippen LogP contribution in [-0.4, -0.2) is 16.1 Å². The Morgan fingerprint density at radius 3 is 2.35 bits per heavy atom. The van der Waals surface area contributed by atoms with Crippen LogP contribution in [-0.2, 0) is 0 Å². The normalized spacial score (nSPS) is 10.8. The Bertz CT molecular complexity index is 1090. The van der Waals surface area contributed by atoms with Crippen LogP contribution in [0.5, 0.6) is 0 Å². The van der Waals surface area contributed by atoms with Gasteiger partial charge in [-0.15, -0.1) is 0 Å². The third kappa shape index (κ3) is 3.05. The lowest BCUT2D eigenvalue weighted by Gasteiger charge is -2.07. The predicted molar refractivity (Wildman–Crippen MR) is 106 cm³/mol. The summed E-state index contributed by atoms with van der Waals surface area (Å²) in [5.41, 5.74) is 3.17. The van der Waals surface area contributed by atoms with Crippen molar-refractivity contribution in [1.82, 2.24) is 10.2 Å². The molecule has 0 aliphatic rings. The zero-order valence-corrected chi connectivity index (χ0v) is 15.0. The molecule has 2 N–H and O–H groups in total. The van der Waals surface area contributed by atoms with Crippen molar-refractivity contribution in [2.24, 2.45) is 0 Å². The first kappa shape index (κ1) is 16.6. The van der Waals surface area contributed by atoms with Crippen molar-refractivity contribution < 1.29 is 4.79 Å². The number of carbonyl (C=O) groups excluding carboxylic acids is 1. The average molecular weight is 382 g/mol. The van der Waals surface area contributed by atoms with Crippen LogP contribution in [0.1, 0.15) is 10.4 Å². The summed E-state index contributed by atoms with van der Waals surface area (Å²) in [4.78, 5) is 12.6. The predicted octanol–water partition coefficient (Wildman–Crippen LogP) is 5.79. The molecule has 0 saturated carbocycles. The number of fused-ring (bicyclic) bond motifs is 1. The van der Waals surface area contributed by atoms with Crippen LogP contribution in [0.3, 0.4) is 0 Å². The number of carbonyl (C=O) groups is 1. The van der Waals surface area contributed by atoms with Crippen LogP contribution in [0.4, 0.5) is 5.82 Å². The number of aromatic amines is 1. The first-order valence-corrected chi connectivity index (χ1v) is 8.68. The van der Waals surface area contributed by atoms with E-state index in [1.54, 1.807) is 18.2 Å². The van der Waals surface area contributed by atoms with Gasteiger partial charge in [-0.1, -0.05) is 65.7 Å². The van der Waals surface area contributed by atoms with Gasteiger partial charge >= 0.3 is 0 Å². The molecule has 0 atom stereocenters. The molecule has 0 spiro atoms. The highest BCUT2D eigenvalue weighted by Crippen LogP contribution is 2.29. The second kappa shape index (κ2) is 6.83. The first-order chi connectivity index (χ1) is 12.6. The Kier molecular flexibility index (Phi) is 4.37. The van der Waals surface area contributed by atoms with Gasteiger partial charge in [0.05, 0.1) is 21.1 Å². The molecule has 3 aromatic carbocycles. The van der Waals surface area contributed by atoms with Gasteiger partial charge in [0.1, 0.15) is 0 Å². The van der Waals surface area contributed by atoms with E-state index in [0.29, 0.717) is 15.9 Å². The SMILES string of the molecule is O=C(Nc1n[nH]c2ccc(-c3ccccc3)cc12)c1c(Cl)cccc1Cl. The van der Waals surface area contributed by atoms with E-state index in [4.69, 9.17) is 23.2 Å². The van der Waals surface area contributed by atoms with Gasteiger partial charge in [-0.3, -0.25) is 9.89 Å². The number of nitrogens with one attached hydrogen (secondary N) is 2. The molecule has 6 heteroatoms. The van der Waals surface area contributed by atoms with E-state index in [1.807, 2.05) is 48.5 Å². The van der Waals surface area contributed by atoms with Crippen LogP contribution < -0.4 is 5.32 Å². The summed E-state index contributed by atoms with van der Waals surface area (Å²) in [5, 5.41) is 11.3. The molecule has 1 amide bonds. The fourth-order valence-corrected chi connectivity index (χ4v) is 3.37. The Morgan fingerprint density at radius 1 is 0.885 bits per heavy atom. The molecule has 0 unspecified atom stereocenters. The minimum Gasteiger partial charge on any atom is -0.304 e. The standard InChI is InChI=1S/C20H13Cl2N3O/c21-15-7-4-8-16(22)18(15)20(26)23-19-14-11-13(9-10-17(14)24-25-19)12-5-2-1-3-6-12/h1-11H,(H2,23,24,25,26). The molecule has 0 aliphatic carbocycles. The van der Waals surface area contributed by atoms with E-state index in [2.05, 4.69) is 15.5 Å². The Morgan fingerprint density at radius 2 is 1.62 bits per heavy atom. The lowest BCUT2D eigenvalue weighted by molar-refractivity contribution is 0.102. The molecular weight excluding hydrogens is 369 g/mol. The Hall–Kier alpha value is -2.82. The molecule has 0 saturated heterocycles. The molecule has 1 heterocycles. The van der Waals surface area contributed by atoms with Crippen LogP contribution in [0.2, 0.25) is 10.0 Å². The second-order valence-electron chi connectivity index (χ2n) is 5.75. The summed E-state index contributed by atoms with van der Waals surface area (Å²) in [5.74, 6) is 0.0258. The fourth-order valence-electron chi connectivity index (χ4n) is 2.80. The number of anilines is 1. The fraction of sp³-hybridized carbons (Fsp3) is 0. The van der Waals surface area contributed by atoms with Crippen LogP contribution in [0.25, 0.3) is 22.0 Å². The zero-order chi connectivity index (χ0) is 18.1. The van der Waals surface area contributed by atoms with E-state index >= 15 is 0 Å². The van der Waals surface area contributed by atoms with Crippen molar-refractivity contribution in [3.05, 3.63) is 82.3 Å². The third-order valence-corrected chi connectivity index (χ3v) is 4.72. The quantitative estimate of drug-likeness (QED) is 0.471. The number of amides is 1. The number of hydrogen-bond acceptors (Lipinski definition) is 2. The van der Waals surface area contributed by atoms with E-state index in [9.17, 15) is 4.79 Å². The minimum absolute atomic E-state index is 0.228. The van der Waals surface area contributed by atoms with Gasteiger partial charge in [0.25, 0.3) is 5.91 Å². The molecule has 4 nitrogen and oxygen atoms in total. The van der Waals surface area contributed by atoms with Crippen molar-refractivity contribution in [1.29, 1.82) is 0 Å². The number of benzene rings is 3. The smallest absolute Gasteiger partial charge is 0.259 e. The maximum Gasteiger partial charge on any atom is 0.259 e. The largest absolute Gasteiger partial charge is 0.304 e. The van der Waals surface area contributed by atoms with Crippen molar-refractivity contribution in [3.8, 4) is 11.1 Å².